The van der Waals surface area contributed by atoms with Crippen LogP contribution < -0.4 is 0 Å². The molecule has 3 nitrogen and oxygen atoms in total. The van der Waals surface area contributed by atoms with Crippen LogP contribution in [0, 0.1) is 11.2 Å². The molecule has 2 rings (SSSR count). The Kier molecular flexibility index (Phi) is 3.39. The number of halogens is 2. The molecular weight excluding hydrogens is 259 g/mol. The van der Waals surface area contributed by atoms with Crippen LogP contribution in [0.4, 0.5) is 4.39 Å². The van der Waals surface area contributed by atoms with E-state index in [1.54, 1.807) is 0 Å². The van der Waals surface area contributed by atoms with E-state index in [9.17, 15) is 14.0 Å². The zero-order valence-corrected chi connectivity index (χ0v) is 10.6. The Bertz CT molecular complexity index is 515. The largest absolute Gasteiger partial charge is 0.465 e. The second-order valence-corrected chi connectivity index (χ2v) is 4.87. The van der Waals surface area contributed by atoms with Crippen molar-refractivity contribution in [1.82, 2.24) is 0 Å². The summed E-state index contributed by atoms with van der Waals surface area (Å²) in [4.78, 5) is 23.4. The number of rotatable bonds is 3. The zero-order chi connectivity index (χ0) is 13.3. The van der Waals surface area contributed by atoms with E-state index in [1.807, 2.05) is 0 Å². The number of cyclic esters (lactones) is 1. The van der Waals surface area contributed by atoms with E-state index in [1.165, 1.54) is 25.1 Å². The van der Waals surface area contributed by atoms with Gasteiger partial charge in [0.05, 0.1) is 6.61 Å². The highest BCUT2D eigenvalue weighted by atomic mass is 35.5. The lowest BCUT2D eigenvalue weighted by molar-refractivity contribution is -0.150. The lowest BCUT2D eigenvalue weighted by Gasteiger charge is -2.21. The van der Waals surface area contributed by atoms with Gasteiger partial charge in [0, 0.05) is 11.4 Å². The van der Waals surface area contributed by atoms with Gasteiger partial charge < -0.3 is 4.74 Å². The molecule has 1 unspecified atom stereocenters. The molecular formula is C13H12ClFO3. The SMILES string of the molecule is CC(=O)C1(Cc2ccc(Cl)cc2F)CCOC1=O. The minimum atomic E-state index is -1.24. The summed E-state index contributed by atoms with van der Waals surface area (Å²) in [6, 6.07) is 4.20. The fraction of sp³-hybridized carbons (Fsp3) is 0.385. The highest BCUT2D eigenvalue weighted by Crippen LogP contribution is 2.36. The van der Waals surface area contributed by atoms with Crippen molar-refractivity contribution in [3.63, 3.8) is 0 Å². The van der Waals surface area contributed by atoms with Crippen molar-refractivity contribution in [2.45, 2.75) is 19.8 Å². The molecule has 0 amide bonds. The Labute approximate surface area is 109 Å². The lowest BCUT2D eigenvalue weighted by atomic mass is 9.77. The Morgan fingerprint density at radius 1 is 1.56 bits per heavy atom. The van der Waals surface area contributed by atoms with Gasteiger partial charge in [-0.05, 0) is 31.0 Å². The normalized spacial score (nSPS) is 22.9. The van der Waals surface area contributed by atoms with Crippen molar-refractivity contribution < 1.29 is 18.7 Å². The summed E-state index contributed by atoms with van der Waals surface area (Å²) in [6.07, 6.45) is 0.313. The van der Waals surface area contributed by atoms with Crippen molar-refractivity contribution in [3.05, 3.63) is 34.6 Å². The van der Waals surface area contributed by atoms with Gasteiger partial charge in [0.1, 0.15) is 17.0 Å². The van der Waals surface area contributed by atoms with Gasteiger partial charge in [-0.25, -0.2) is 4.39 Å². The van der Waals surface area contributed by atoms with Crippen LogP contribution in [-0.4, -0.2) is 18.4 Å². The van der Waals surface area contributed by atoms with Gasteiger partial charge in [0.25, 0.3) is 0 Å². The van der Waals surface area contributed by atoms with E-state index in [0.29, 0.717) is 12.0 Å². The first kappa shape index (κ1) is 13.0. The molecule has 0 saturated carbocycles. The summed E-state index contributed by atoms with van der Waals surface area (Å²) < 4.78 is 18.6. The second-order valence-electron chi connectivity index (χ2n) is 4.44. The van der Waals surface area contributed by atoms with Gasteiger partial charge in [-0.15, -0.1) is 0 Å². The van der Waals surface area contributed by atoms with Gasteiger partial charge in [-0.2, -0.15) is 0 Å². The van der Waals surface area contributed by atoms with Crippen molar-refractivity contribution >= 4 is 23.4 Å². The standard InChI is InChI=1S/C13H12ClFO3/c1-8(16)13(4-5-18-12(13)17)7-9-2-3-10(14)6-11(9)15/h2-3,6H,4-5,7H2,1H3. The Morgan fingerprint density at radius 2 is 2.28 bits per heavy atom. The number of carbonyl (C=O) groups is 2. The van der Waals surface area contributed by atoms with E-state index in [2.05, 4.69) is 0 Å². The van der Waals surface area contributed by atoms with Crippen LogP contribution in [0.15, 0.2) is 18.2 Å². The number of benzene rings is 1. The molecule has 1 fully saturated rings. The average molecular weight is 271 g/mol. The molecule has 0 aromatic heterocycles. The highest BCUT2D eigenvalue weighted by Gasteiger charge is 2.49. The minimum absolute atomic E-state index is 0.0180. The third kappa shape index (κ3) is 2.12. The molecule has 5 heteroatoms. The summed E-state index contributed by atoms with van der Waals surface area (Å²) in [7, 11) is 0. The van der Waals surface area contributed by atoms with Gasteiger partial charge in [0.2, 0.25) is 0 Å². The number of carbonyl (C=O) groups excluding carboxylic acids is 2. The van der Waals surface area contributed by atoms with Crippen LogP contribution in [0.25, 0.3) is 0 Å². The highest BCUT2D eigenvalue weighted by molar-refractivity contribution is 6.30. The molecule has 1 aromatic carbocycles. The maximum absolute atomic E-state index is 13.7. The predicted molar refractivity (Wildman–Crippen MR) is 63.8 cm³/mol. The molecule has 1 aliphatic heterocycles. The predicted octanol–water partition coefficient (Wildman–Crippen LogP) is 2.54. The van der Waals surface area contributed by atoms with Gasteiger partial charge >= 0.3 is 5.97 Å². The first-order valence-corrected chi connectivity index (χ1v) is 5.96. The van der Waals surface area contributed by atoms with Crippen LogP contribution in [0.3, 0.4) is 0 Å². The smallest absolute Gasteiger partial charge is 0.320 e. The van der Waals surface area contributed by atoms with Crippen LogP contribution in [-0.2, 0) is 20.7 Å². The molecule has 1 saturated heterocycles. The number of hydrogen-bond donors (Lipinski definition) is 0. The minimum Gasteiger partial charge on any atom is -0.465 e. The number of Topliss-reactive ketones (excluding diaryl/α,β-unsaturated/α-hetero) is 1. The summed E-state index contributed by atoms with van der Waals surface area (Å²) in [6.45, 7) is 1.54. The maximum Gasteiger partial charge on any atom is 0.320 e. The van der Waals surface area contributed by atoms with Crippen molar-refractivity contribution in [3.8, 4) is 0 Å². The summed E-state index contributed by atoms with van der Waals surface area (Å²) in [5.74, 6) is -1.37. The van der Waals surface area contributed by atoms with Crippen molar-refractivity contribution in [1.29, 1.82) is 0 Å². The second kappa shape index (κ2) is 4.69. The van der Waals surface area contributed by atoms with E-state index >= 15 is 0 Å². The van der Waals surface area contributed by atoms with Gasteiger partial charge in [-0.1, -0.05) is 17.7 Å². The van der Waals surface area contributed by atoms with Crippen LogP contribution >= 0.6 is 11.6 Å². The third-order valence-electron chi connectivity index (χ3n) is 3.33. The molecule has 0 aliphatic carbocycles. The Balaban J connectivity index is 2.36. The van der Waals surface area contributed by atoms with E-state index in [4.69, 9.17) is 16.3 Å². The molecule has 1 atom stereocenters. The Hall–Kier alpha value is -1.42. The number of ether oxygens (including phenoxy) is 1. The van der Waals surface area contributed by atoms with Crippen LogP contribution in [0.5, 0.6) is 0 Å². The quantitative estimate of drug-likeness (QED) is 0.626. The summed E-state index contributed by atoms with van der Waals surface area (Å²) in [5, 5.41) is 0.280. The molecule has 0 radical (unpaired) electrons. The maximum atomic E-state index is 13.7. The monoisotopic (exact) mass is 270 g/mol. The lowest BCUT2D eigenvalue weighted by Crippen LogP contribution is -2.36. The molecule has 0 bridgehead atoms. The summed E-state index contributed by atoms with van der Waals surface area (Å²) >= 11 is 5.66. The molecule has 0 N–H and O–H groups in total. The number of hydrogen-bond acceptors (Lipinski definition) is 3. The molecule has 1 aromatic rings. The molecule has 1 heterocycles. The average Bonchev–Trinajstić information content (AvgIpc) is 2.65. The first-order valence-electron chi connectivity index (χ1n) is 5.58. The molecule has 96 valence electrons. The fourth-order valence-corrected chi connectivity index (χ4v) is 2.31. The van der Waals surface area contributed by atoms with Crippen molar-refractivity contribution in [2.24, 2.45) is 5.41 Å². The topological polar surface area (TPSA) is 43.4 Å². The van der Waals surface area contributed by atoms with Gasteiger partial charge in [-0.3, -0.25) is 9.59 Å². The van der Waals surface area contributed by atoms with E-state index < -0.39 is 17.2 Å². The zero-order valence-electron chi connectivity index (χ0n) is 9.83. The molecule has 0 spiro atoms. The van der Waals surface area contributed by atoms with Crippen LogP contribution in [0.2, 0.25) is 5.02 Å². The summed E-state index contributed by atoms with van der Waals surface area (Å²) in [5.41, 5.74) is -0.942. The van der Waals surface area contributed by atoms with E-state index in [0.717, 1.165) is 0 Å². The van der Waals surface area contributed by atoms with Crippen LogP contribution in [0.1, 0.15) is 18.9 Å². The first-order chi connectivity index (χ1) is 8.45. The van der Waals surface area contributed by atoms with E-state index in [-0.39, 0.29) is 23.8 Å². The number of ketones is 1. The molecule has 1 aliphatic rings. The number of esters is 1. The third-order valence-corrected chi connectivity index (χ3v) is 3.57. The van der Waals surface area contributed by atoms with Gasteiger partial charge in [0.15, 0.2) is 0 Å². The van der Waals surface area contributed by atoms with Crippen molar-refractivity contribution in [2.75, 3.05) is 6.61 Å². The molecule has 18 heavy (non-hydrogen) atoms. The fourth-order valence-electron chi connectivity index (χ4n) is 2.15. The Morgan fingerprint density at radius 3 is 2.78 bits per heavy atom.